The van der Waals surface area contributed by atoms with Crippen molar-refractivity contribution in [3.8, 4) is 11.5 Å². The van der Waals surface area contributed by atoms with E-state index in [-0.39, 0.29) is 37.1 Å². The maximum atomic E-state index is 11.9. The normalized spacial score (nSPS) is 10.0. The number of esters is 1. The zero-order chi connectivity index (χ0) is 14.7. The van der Waals surface area contributed by atoms with Crippen LogP contribution in [0.2, 0.25) is 0 Å². The fourth-order valence-corrected chi connectivity index (χ4v) is 2.01. The Morgan fingerprint density at radius 2 is 2.10 bits per heavy atom. The quantitative estimate of drug-likeness (QED) is 0.839. The van der Waals surface area contributed by atoms with Crippen molar-refractivity contribution in [3.05, 3.63) is 29.6 Å². The average Bonchev–Trinajstić information content (AvgIpc) is 2.45. The number of aromatic hydroxyl groups is 1. The van der Waals surface area contributed by atoms with E-state index in [1.165, 1.54) is 19.4 Å². The number of carbonyl (C=O) groups excluding carboxylic acids is 1. The number of aromatic nitrogens is 1. The number of methoxy groups -OCH3 is 1. The molecule has 0 spiro atoms. The van der Waals surface area contributed by atoms with Gasteiger partial charge in [-0.15, -0.1) is 12.4 Å². The number of nitrogens with zero attached hydrogens (tertiary/aromatic N) is 1. The maximum Gasteiger partial charge on any atom is 0.340 e. The molecule has 3 N–H and O–H groups in total. The van der Waals surface area contributed by atoms with E-state index in [1.54, 1.807) is 13.0 Å². The summed E-state index contributed by atoms with van der Waals surface area (Å²) in [5, 5.41) is 11.1. The summed E-state index contributed by atoms with van der Waals surface area (Å²) in [4.78, 5) is 16.1. The molecule has 114 valence electrons. The van der Waals surface area contributed by atoms with Gasteiger partial charge in [0.15, 0.2) is 11.5 Å². The van der Waals surface area contributed by atoms with Crippen molar-refractivity contribution >= 4 is 29.1 Å². The number of fused-ring (bicyclic) bond motifs is 1. The SMILES string of the molecule is CCOC(=O)c1cnc(CN)c2cc(O)c(OC)cc12.Cl. The van der Waals surface area contributed by atoms with Gasteiger partial charge in [-0.25, -0.2) is 4.79 Å². The highest BCUT2D eigenvalue weighted by Gasteiger charge is 2.16. The van der Waals surface area contributed by atoms with E-state index < -0.39 is 5.97 Å². The van der Waals surface area contributed by atoms with E-state index in [2.05, 4.69) is 4.98 Å². The van der Waals surface area contributed by atoms with Gasteiger partial charge in [0.25, 0.3) is 0 Å². The highest BCUT2D eigenvalue weighted by molar-refractivity contribution is 6.05. The number of carbonyl (C=O) groups is 1. The van der Waals surface area contributed by atoms with Crippen LogP contribution < -0.4 is 10.5 Å². The van der Waals surface area contributed by atoms with Crippen LogP contribution in [0.5, 0.6) is 11.5 Å². The van der Waals surface area contributed by atoms with Crippen molar-refractivity contribution in [1.29, 1.82) is 0 Å². The number of halogens is 1. The highest BCUT2D eigenvalue weighted by Crippen LogP contribution is 2.34. The van der Waals surface area contributed by atoms with E-state index in [0.29, 0.717) is 22.0 Å². The first-order valence-corrected chi connectivity index (χ1v) is 6.18. The molecule has 0 fully saturated rings. The second-order valence-corrected chi connectivity index (χ2v) is 4.11. The van der Waals surface area contributed by atoms with Gasteiger partial charge in [0, 0.05) is 23.5 Å². The fourth-order valence-electron chi connectivity index (χ4n) is 2.01. The van der Waals surface area contributed by atoms with Crippen LogP contribution in [0.25, 0.3) is 10.8 Å². The number of phenolic OH excluding ortho intramolecular Hbond substituents is 1. The van der Waals surface area contributed by atoms with Crippen LogP contribution in [0, 0.1) is 0 Å². The molecule has 0 radical (unpaired) electrons. The summed E-state index contributed by atoms with van der Waals surface area (Å²) in [5.74, 6) is -0.226. The Bertz CT molecular complexity index is 661. The number of ether oxygens (including phenoxy) is 2. The summed E-state index contributed by atoms with van der Waals surface area (Å²) < 4.78 is 10.1. The molecular formula is C14H17ClN2O4. The number of pyridine rings is 1. The molecular weight excluding hydrogens is 296 g/mol. The minimum Gasteiger partial charge on any atom is -0.504 e. The van der Waals surface area contributed by atoms with Crippen molar-refractivity contribution in [3.63, 3.8) is 0 Å². The molecule has 1 heterocycles. The lowest BCUT2D eigenvalue weighted by Crippen LogP contribution is -2.09. The van der Waals surface area contributed by atoms with Crippen LogP contribution in [0.1, 0.15) is 23.0 Å². The van der Waals surface area contributed by atoms with Crippen LogP contribution in [0.3, 0.4) is 0 Å². The number of hydrogen-bond acceptors (Lipinski definition) is 6. The van der Waals surface area contributed by atoms with E-state index in [4.69, 9.17) is 15.2 Å². The van der Waals surface area contributed by atoms with E-state index in [9.17, 15) is 9.90 Å². The molecule has 0 unspecified atom stereocenters. The van der Waals surface area contributed by atoms with Gasteiger partial charge in [0.1, 0.15) is 0 Å². The number of hydrogen-bond donors (Lipinski definition) is 2. The lowest BCUT2D eigenvalue weighted by molar-refractivity contribution is 0.0528. The third kappa shape index (κ3) is 3.17. The Morgan fingerprint density at radius 3 is 2.67 bits per heavy atom. The second kappa shape index (κ2) is 7.10. The van der Waals surface area contributed by atoms with Gasteiger partial charge >= 0.3 is 5.97 Å². The molecule has 6 nitrogen and oxygen atoms in total. The third-order valence-electron chi connectivity index (χ3n) is 2.96. The van der Waals surface area contributed by atoms with Crippen LogP contribution in [0.4, 0.5) is 0 Å². The fraction of sp³-hybridized carbons (Fsp3) is 0.286. The van der Waals surface area contributed by atoms with E-state index in [1.807, 2.05) is 0 Å². The van der Waals surface area contributed by atoms with Gasteiger partial charge in [0.2, 0.25) is 0 Å². The van der Waals surface area contributed by atoms with Crippen molar-refractivity contribution < 1.29 is 19.4 Å². The molecule has 21 heavy (non-hydrogen) atoms. The number of benzene rings is 1. The molecule has 0 bridgehead atoms. The summed E-state index contributed by atoms with van der Waals surface area (Å²) in [5.41, 5.74) is 6.54. The van der Waals surface area contributed by atoms with Crippen LogP contribution >= 0.6 is 12.4 Å². The molecule has 0 aliphatic rings. The first kappa shape index (κ1) is 17.0. The Balaban J connectivity index is 0.00000220. The third-order valence-corrected chi connectivity index (χ3v) is 2.96. The minimum absolute atomic E-state index is 0. The van der Waals surface area contributed by atoms with Gasteiger partial charge in [-0.1, -0.05) is 0 Å². The Hall–Kier alpha value is -2.05. The second-order valence-electron chi connectivity index (χ2n) is 4.11. The summed E-state index contributed by atoms with van der Waals surface area (Å²) in [6.07, 6.45) is 1.43. The molecule has 0 amide bonds. The summed E-state index contributed by atoms with van der Waals surface area (Å²) in [6, 6.07) is 3.07. The summed E-state index contributed by atoms with van der Waals surface area (Å²) in [7, 11) is 1.44. The number of nitrogens with two attached hydrogens (primary N) is 1. The first-order valence-electron chi connectivity index (χ1n) is 6.18. The minimum atomic E-state index is -0.471. The molecule has 1 aromatic carbocycles. The van der Waals surface area contributed by atoms with Gasteiger partial charge < -0.3 is 20.3 Å². The van der Waals surface area contributed by atoms with Gasteiger partial charge in [-0.3, -0.25) is 4.98 Å². The Kier molecular flexibility index (Phi) is 5.75. The Morgan fingerprint density at radius 1 is 1.38 bits per heavy atom. The topological polar surface area (TPSA) is 94.7 Å². The van der Waals surface area contributed by atoms with Crippen LogP contribution in [0.15, 0.2) is 18.3 Å². The summed E-state index contributed by atoms with van der Waals surface area (Å²) in [6.45, 7) is 2.20. The molecule has 0 aliphatic carbocycles. The van der Waals surface area contributed by atoms with Crippen molar-refractivity contribution in [1.82, 2.24) is 4.98 Å². The monoisotopic (exact) mass is 312 g/mol. The van der Waals surface area contributed by atoms with Crippen molar-refractivity contribution in [2.75, 3.05) is 13.7 Å². The predicted octanol–water partition coefficient (Wildman–Crippen LogP) is 2.01. The molecule has 0 atom stereocenters. The summed E-state index contributed by atoms with van der Waals surface area (Å²) >= 11 is 0. The molecule has 1 aromatic heterocycles. The average molecular weight is 313 g/mol. The standard InChI is InChI=1S/C14H16N2O4.ClH/c1-3-20-14(18)10-7-16-11(6-15)9-4-12(17)13(19-2)5-8(9)10;/h4-5,7,17H,3,6,15H2,1-2H3;1H. The highest BCUT2D eigenvalue weighted by atomic mass is 35.5. The zero-order valence-corrected chi connectivity index (χ0v) is 12.6. The first-order chi connectivity index (χ1) is 9.62. The molecule has 2 aromatic rings. The molecule has 0 saturated heterocycles. The Labute approximate surface area is 128 Å². The zero-order valence-electron chi connectivity index (χ0n) is 11.8. The van der Waals surface area contributed by atoms with Crippen LogP contribution in [-0.4, -0.2) is 29.8 Å². The molecule has 2 rings (SSSR count). The molecule has 0 saturated carbocycles. The number of rotatable bonds is 4. The van der Waals surface area contributed by atoms with Crippen molar-refractivity contribution in [2.24, 2.45) is 5.73 Å². The largest absolute Gasteiger partial charge is 0.504 e. The van der Waals surface area contributed by atoms with E-state index >= 15 is 0 Å². The van der Waals surface area contributed by atoms with E-state index in [0.717, 1.165) is 0 Å². The predicted molar refractivity (Wildman–Crippen MR) is 81.1 cm³/mol. The van der Waals surface area contributed by atoms with Gasteiger partial charge in [-0.05, 0) is 19.1 Å². The van der Waals surface area contributed by atoms with Crippen molar-refractivity contribution in [2.45, 2.75) is 13.5 Å². The van der Waals surface area contributed by atoms with Gasteiger partial charge in [-0.2, -0.15) is 0 Å². The lowest BCUT2D eigenvalue weighted by Gasteiger charge is -2.11. The smallest absolute Gasteiger partial charge is 0.340 e. The van der Waals surface area contributed by atoms with Crippen LogP contribution in [-0.2, 0) is 11.3 Å². The lowest BCUT2D eigenvalue weighted by atomic mass is 10.0. The maximum absolute atomic E-state index is 11.9. The number of phenols is 1. The molecule has 0 aliphatic heterocycles. The van der Waals surface area contributed by atoms with Gasteiger partial charge in [0.05, 0.1) is 25.0 Å². The molecule has 7 heteroatoms.